The number of nitrogens with one attached hydrogen (secondary N) is 1. The number of rotatable bonds is 6. The molecule has 0 spiro atoms. The summed E-state index contributed by atoms with van der Waals surface area (Å²) in [5.41, 5.74) is 5.75. The minimum Gasteiger partial charge on any atom is -0.320 e. The Morgan fingerprint density at radius 1 is 1.06 bits per heavy atom. The van der Waals surface area contributed by atoms with Crippen molar-refractivity contribution in [1.29, 1.82) is 0 Å². The highest BCUT2D eigenvalue weighted by Crippen LogP contribution is 2.28. The first-order valence-electron chi connectivity index (χ1n) is 6.47. The van der Waals surface area contributed by atoms with E-state index in [1.54, 1.807) is 0 Å². The number of hydrogen-bond donors (Lipinski definition) is 1. The molecule has 1 N–H and O–H groups in total. The largest absolute Gasteiger partial charge is 0.320 e. The fraction of sp³-hybridized carbons (Fsp3) is 0.600. The molecular weight excluding hydrogens is 274 g/mol. The van der Waals surface area contributed by atoms with Gasteiger partial charge in [0.25, 0.3) is 0 Å². The van der Waals surface area contributed by atoms with E-state index >= 15 is 0 Å². The lowest BCUT2D eigenvalue weighted by atomic mass is 9.95. The average molecular weight is 298 g/mol. The lowest BCUT2D eigenvalue weighted by molar-refractivity contribution is 0.640. The molecular formula is C15H24BrN. The highest BCUT2D eigenvalue weighted by Gasteiger charge is 2.08. The zero-order valence-corrected chi connectivity index (χ0v) is 13.1. The fourth-order valence-corrected chi connectivity index (χ4v) is 2.72. The molecule has 96 valence electrons. The quantitative estimate of drug-likeness (QED) is 0.772. The number of benzene rings is 1. The van der Waals surface area contributed by atoms with Gasteiger partial charge in [-0.1, -0.05) is 28.4 Å². The van der Waals surface area contributed by atoms with Crippen LogP contribution in [0, 0.1) is 20.8 Å². The van der Waals surface area contributed by atoms with Crippen LogP contribution in [-0.4, -0.2) is 13.6 Å². The molecule has 1 nitrogen and oxygen atoms in total. The van der Waals surface area contributed by atoms with E-state index in [2.05, 4.69) is 48.1 Å². The Kier molecular flexibility index (Phi) is 6.21. The second-order valence-corrected chi connectivity index (χ2v) is 5.64. The summed E-state index contributed by atoms with van der Waals surface area (Å²) < 4.78 is 1.29. The van der Waals surface area contributed by atoms with E-state index in [0.717, 1.165) is 6.54 Å². The summed E-state index contributed by atoms with van der Waals surface area (Å²) in [6.45, 7) is 7.76. The molecule has 0 saturated heterocycles. The van der Waals surface area contributed by atoms with Gasteiger partial charge in [0, 0.05) is 4.47 Å². The summed E-state index contributed by atoms with van der Waals surface area (Å²) in [6.07, 6.45) is 5.09. The number of unbranched alkanes of at least 4 members (excludes halogenated alkanes) is 2. The molecule has 0 amide bonds. The van der Waals surface area contributed by atoms with E-state index in [1.165, 1.54) is 52.4 Å². The van der Waals surface area contributed by atoms with Crippen LogP contribution in [-0.2, 0) is 6.42 Å². The highest BCUT2D eigenvalue weighted by molar-refractivity contribution is 9.10. The maximum atomic E-state index is 3.69. The van der Waals surface area contributed by atoms with Crippen molar-refractivity contribution in [3.8, 4) is 0 Å². The lowest BCUT2D eigenvalue weighted by Gasteiger charge is -2.14. The minimum atomic E-state index is 1.13. The van der Waals surface area contributed by atoms with Crippen LogP contribution in [0.5, 0.6) is 0 Å². The Morgan fingerprint density at radius 3 is 2.41 bits per heavy atom. The molecule has 1 aromatic rings. The van der Waals surface area contributed by atoms with Gasteiger partial charge in [0.2, 0.25) is 0 Å². The molecule has 0 radical (unpaired) electrons. The van der Waals surface area contributed by atoms with Gasteiger partial charge in [-0.05, 0) is 75.9 Å². The summed E-state index contributed by atoms with van der Waals surface area (Å²) in [4.78, 5) is 0. The predicted molar refractivity (Wildman–Crippen MR) is 79.8 cm³/mol. The summed E-state index contributed by atoms with van der Waals surface area (Å²) in [7, 11) is 2.02. The van der Waals surface area contributed by atoms with Crippen molar-refractivity contribution in [2.24, 2.45) is 0 Å². The van der Waals surface area contributed by atoms with E-state index in [1.807, 2.05) is 7.05 Å². The van der Waals surface area contributed by atoms with Crippen molar-refractivity contribution in [2.75, 3.05) is 13.6 Å². The van der Waals surface area contributed by atoms with E-state index in [-0.39, 0.29) is 0 Å². The number of aryl methyl sites for hydroxylation is 2. The molecule has 0 saturated carbocycles. The Bertz CT molecular complexity index is 372. The smallest absolute Gasteiger partial charge is 0.0236 e. The van der Waals surface area contributed by atoms with Gasteiger partial charge >= 0.3 is 0 Å². The third-order valence-electron chi connectivity index (χ3n) is 3.39. The van der Waals surface area contributed by atoms with E-state index in [9.17, 15) is 0 Å². The number of halogens is 1. The highest BCUT2D eigenvalue weighted by atomic mass is 79.9. The van der Waals surface area contributed by atoms with Gasteiger partial charge in [-0.15, -0.1) is 0 Å². The minimum absolute atomic E-state index is 1.13. The van der Waals surface area contributed by atoms with Crippen molar-refractivity contribution in [3.63, 3.8) is 0 Å². The molecule has 0 bridgehead atoms. The van der Waals surface area contributed by atoms with Crippen molar-refractivity contribution < 1.29 is 0 Å². The molecule has 0 heterocycles. The Hall–Kier alpha value is -0.340. The first-order chi connectivity index (χ1) is 8.07. The van der Waals surface area contributed by atoms with Crippen LogP contribution < -0.4 is 5.32 Å². The summed E-state index contributed by atoms with van der Waals surface area (Å²) >= 11 is 3.69. The molecule has 17 heavy (non-hydrogen) atoms. The predicted octanol–water partition coefficient (Wildman–Crippen LogP) is 4.31. The SMILES string of the molecule is CNCCCCCc1c(C)cc(C)c(Br)c1C. The second kappa shape index (κ2) is 7.17. The monoisotopic (exact) mass is 297 g/mol. The molecule has 1 rings (SSSR count). The van der Waals surface area contributed by atoms with Crippen LogP contribution in [0.25, 0.3) is 0 Å². The van der Waals surface area contributed by atoms with Crippen LogP contribution in [0.1, 0.15) is 41.5 Å². The van der Waals surface area contributed by atoms with Crippen LogP contribution in [0.2, 0.25) is 0 Å². The fourth-order valence-electron chi connectivity index (χ4n) is 2.36. The first kappa shape index (κ1) is 14.7. The summed E-state index contributed by atoms with van der Waals surface area (Å²) in [6, 6.07) is 2.29. The van der Waals surface area contributed by atoms with E-state index in [4.69, 9.17) is 0 Å². The summed E-state index contributed by atoms with van der Waals surface area (Å²) in [5, 5.41) is 3.20. The van der Waals surface area contributed by atoms with Crippen LogP contribution in [0.3, 0.4) is 0 Å². The number of hydrogen-bond acceptors (Lipinski definition) is 1. The van der Waals surface area contributed by atoms with Crippen molar-refractivity contribution in [2.45, 2.75) is 46.5 Å². The van der Waals surface area contributed by atoms with Gasteiger partial charge in [0.15, 0.2) is 0 Å². The second-order valence-electron chi connectivity index (χ2n) is 4.84. The molecule has 0 aromatic heterocycles. The van der Waals surface area contributed by atoms with Crippen molar-refractivity contribution in [1.82, 2.24) is 5.32 Å². The first-order valence-corrected chi connectivity index (χ1v) is 7.27. The zero-order valence-electron chi connectivity index (χ0n) is 11.5. The Morgan fingerprint density at radius 2 is 1.76 bits per heavy atom. The van der Waals surface area contributed by atoms with Crippen molar-refractivity contribution in [3.05, 3.63) is 32.8 Å². The van der Waals surface area contributed by atoms with Gasteiger partial charge in [-0.3, -0.25) is 0 Å². The normalized spacial score (nSPS) is 10.9. The van der Waals surface area contributed by atoms with E-state index in [0.29, 0.717) is 0 Å². The third kappa shape index (κ3) is 4.11. The Balaban J connectivity index is 2.62. The molecule has 1 aromatic carbocycles. The molecule has 0 aliphatic carbocycles. The molecule has 0 aliphatic rings. The van der Waals surface area contributed by atoms with Gasteiger partial charge < -0.3 is 5.32 Å². The molecule has 2 heteroatoms. The maximum absolute atomic E-state index is 3.69. The standard InChI is InChI=1S/C15H24BrN/c1-11-10-12(2)15(16)13(3)14(11)8-6-5-7-9-17-4/h10,17H,5-9H2,1-4H3. The molecule has 0 aliphatic heterocycles. The van der Waals surface area contributed by atoms with Crippen LogP contribution in [0.4, 0.5) is 0 Å². The maximum Gasteiger partial charge on any atom is 0.0236 e. The molecule has 0 atom stereocenters. The van der Waals surface area contributed by atoms with Crippen LogP contribution >= 0.6 is 15.9 Å². The van der Waals surface area contributed by atoms with Gasteiger partial charge in [-0.25, -0.2) is 0 Å². The third-order valence-corrected chi connectivity index (χ3v) is 4.61. The summed E-state index contributed by atoms with van der Waals surface area (Å²) in [5.74, 6) is 0. The van der Waals surface area contributed by atoms with Crippen LogP contribution in [0.15, 0.2) is 10.5 Å². The Labute approximate surface area is 114 Å². The topological polar surface area (TPSA) is 12.0 Å². The molecule has 0 fully saturated rings. The zero-order chi connectivity index (χ0) is 12.8. The van der Waals surface area contributed by atoms with E-state index < -0.39 is 0 Å². The van der Waals surface area contributed by atoms with Gasteiger partial charge in [0.1, 0.15) is 0 Å². The average Bonchev–Trinajstić information content (AvgIpc) is 2.30. The lowest BCUT2D eigenvalue weighted by Crippen LogP contribution is -2.07. The van der Waals surface area contributed by atoms with Crippen molar-refractivity contribution >= 4 is 15.9 Å². The van der Waals surface area contributed by atoms with Gasteiger partial charge in [0.05, 0.1) is 0 Å². The van der Waals surface area contributed by atoms with Gasteiger partial charge in [-0.2, -0.15) is 0 Å². The molecule has 0 unspecified atom stereocenters.